The van der Waals surface area contributed by atoms with Gasteiger partial charge >= 0.3 is 5.97 Å². The number of ether oxygens (including phenoxy) is 2. The van der Waals surface area contributed by atoms with Gasteiger partial charge in [0.25, 0.3) is 0 Å². The van der Waals surface area contributed by atoms with Crippen LogP contribution in [0.4, 0.5) is 5.69 Å². The molecule has 22 heavy (non-hydrogen) atoms. The molecule has 116 valence electrons. The van der Waals surface area contributed by atoms with E-state index in [9.17, 15) is 4.79 Å². The number of aryl methyl sites for hydroxylation is 1. The molecule has 0 aromatic heterocycles. The monoisotopic (exact) mass is 301 g/mol. The van der Waals surface area contributed by atoms with Gasteiger partial charge in [-0.05, 0) is 48.9 Å². The second kappa shape index (κ2) is 6.85. The van der Waals surface area contributed by atoms with Gasteiger partial charge in [-0.25, -0.2) is 4.79 Å². The van der Waals surface area contributed by atoms with E-state index in [0.29, 0.717) is 6.54 Å². The van der Waals surface area contributed by atoms with Crippen molar-refractivity contribution in [3.63, 3.8) is 0 Å². The van der Waals surface area contributed by atoms with Crippen LogP contribution in [0.3, 0.4) is 0 Å². The number of carboxylic acids is 1. The molecule has 2 rings (SSSR count). The smallest absolute Gasteiger partial charge is 0.335 e. The Kier molecular flexibility index (Phi) is 4.88. The molecule has 0 fully saturated rings. The number of methoxy groups -OCH3 is 2. The second-order valence-electron chi connectivity index (χ2n) is 4.87. The van der Waals surface area contributed by atoms with Crippen LogP contribution in [0, 0.1) is 6.92 Å². The minimum Gasteiger partial charge on any atom is -0.497 e. The fourth-order valence-electron chi connectivity index (χ4n) is 2.21. The average molecular weight is 301 g/mol. The summed E-state index contributed by atoms with van der Waals surface area (Å²) < 4.78 is 10.6. The van der Waals surface area contributed by atoms with Gasteiger partial charge in [0, 0.05) is 17.8 Å². The minimum atomic E-state index is -0.927. The fraction of sp³-hybridized carbons (Fsp3) is 0.235. The lowest BCUT2D eigenvalue weighted by molar-refractivity contribution is 0.0697. The third-order valence-corrected chi connectivity index (χ3v) is 3.43. The summed E-state index contributed by atoms with van der Waals surface area (Å²) in [6, 6.07) is 10.6. The summed E-state index contributed by atoms with van der Waals surface area (Å²) in [6.45, 7) is 2.42. The van der Waals surface area contributed by atoms with Gasteiger partial charge < -0.3 is 19.9 Å². The van der Waals surface area contributed by atoms with Gasteiger partial charge in [0.15, 0.2) is 0 Å². The quantitative estimate of drug-likeness (QED) is 0.856. The third-order valence-electron chi connectivity index (χ3n) is 3.43. The number of benzene rings is 2. The van der Waals surface area contributed by atoms with Crippen LogP contribution in [0.5, 0.6) is 11.5 Å². The molecule has 0 saturated heterocycles. The lowest BCUT2D eigenvalue weighted by atomic mass is 10.1. The number of rotatable bonds is 6. The van der Waals surface area contributed by atoms with Crippen molar-refractivity contribution < 1.29 is 19.4 Å². The van der Waals surface area contributed by atoms with E-state index in [4.69, 9.17) is 14.6 Å². The molecule has 0 aliphatic rings. The number of hydrogen-bond donors (Lipinski definition) is 2. The van der Waals surface area contributed by atoms with E-state index in [0.717, 1.165) is 28.3 Å². The number of hydrogen-bond acceptors (Lipinski definition) is 4. The number of nitrogens with one attached hydrogen (secondary N) is 1. The van der Waals surface area contributed by atoms with Crippen molar-refractivity contribution in [2.45, 2.75) is 13.5 Å². The van der Waals surface area contributed by atoms with Gasteiger partial charge in [0.1, 0.15) is 11.5 Å². The zero-order valence-corrected chi connectivity index (χ0v) is 12.8. The summed E-state index contributed by atoms with van der Waals surface area (Å²) in [6.07, 6.45) is 0. The lowest BCUT2D eigenvalue weighted by Gasteiger charge is -2.14. The maximum atomic E-state index is 10.9. The Morgan fingerprint density at radius 2 is 1.91 bits per heavy atom. The third kappa shape index (κ3) is 3.49. The number of carboxylic acid groups (broad SMARTS) is 1. The van der Waals surface area contributed by atoms with Crippen molar-refractivity contribution in [2.24, 2.45) is 0 Å². The first kappa shape index (κ1) is 15.7. The van der Waals surface area contributed by atoms with Crippen LogP contribution >= 0.6 is 0 Å². The molecule has 0 amide bonds. The zero-order valence-electron chi connectivity index (χ0n) is 12.8. The summed E-state index contributed by atoms with van der Waals surface area (Å²) in [7, 11) is 3.24. The van der Waals surface area contributed by atoms with E-state index >= 15 is 0 Å². The molecule has 0 aliphatic carbocycles. The first-order valence-corrected chi connectivity index (χ1v) is 6.84. The molecule has 0 aliphatic heterocycles. The van der Waals surface area contributed by atoms with Crippen LogP contribution < -0.4 is 14.8 Å². The molecule has 2 aromatic rings. The largest absolute Gasteiger partial charge is 0.497 e. The van der Waals surface area contributed by atoms with Crippen LogP contribution in [0.15, 0.2) is 36.4 Å². The van der Waals surface area contributed by atoms with Gasteiger partial charge in [-0.3, -0.25) is 0 Å². The van der Waals surface area contributed by atoms with Crippen molar-refractivity contribution in [3.8, 4) is 11.5 Å². The molecule has 0 radical (unpaired) electrons. The predicted molar refractivity (Wildman–Crippen MR) is 85.0 cm³/mol. The number of anilines is 1. The second-order valence-corrected chi connectivity index (χ2v) is 4.87. The highest BCUT2D eigenvalue weighted by atomic mass is 16.5. The molecule has 0 saturated carbocycles. The van der Waals surface area contributed by atoms with Crippen LogP contribution in [0.25, 0.3) is 0 Å². The maximum Gasteiger partial charge on any atom is 0.335 e. The summed E-state index contributed by atoms with van der Waals surface area (Å²) in [5, 5.41) is 12.3. The molecule has 0 unspecified atom stereocenters. The molecule has 0 heterocycles. The number of carbonyl (C=O) groups is 1. The van der Waals surface area contributed by atoms with Crippen LogP contribution in [-0.4, -0.2) is 25.3 Å². The molecule has 2 N–H and O–H groups in total. The Bertz CT molecular complexity index is 682. The Morgan fingerprint density at radius 1 is 1.14 bits per heavy atom. The van der Waals surface area contributed by atoms with Gasteiger partial charge in [0.2, 0.25) is 0 Å². The number of aromatic carboxylic acids is 1. The van der Waals surface area contributed by atoms with E-state index in [-0.39, 0.29) is 5.56 Å². The molecule has 5 nitrogen and oxygen atoms in total. The van der Waals surface area contributed by atoms with Crippen molar-refractivity contribution in [1.29, 1.82) is 0 Å². The zero-order chi connectivity index (χ0) is 16.1. The molecule has 5 heteroatoms. The molecule has 0 bridgehead atoms. The molecule has 0 atom stereocenters. The first-order valence-electron chi connectivity index (χ1n) is 6.84. The summed E-state index contributed by atoms with van der Waals surface area (Å²) >= 11 is 0. The van der Waals surface area contributed by atoms with Crippen molar-refractivity contribution in [2.75, 3.05) is 19.5 Å². The van der Waals surface area contributed by atoms with Crippen molar-refractivity contribution >= 4 is 11.7 Å². The molecular weight excluding hydrogens is 282 g/mol. The maximum absolute atomic E-state index is 10.9. The molecular formula is C17H19NO4. The Morgan fingerprint density at radius 3 is 2.50 bits per heavy atom. The van der Waals surface area contributed by atoms with Gasteiger partial charge in [-0.15, -0.1) is 0 Å². The lowest BCUT2D eigenvalue weighted by Crippen LogP contribution is -2.05. The SMILES string of the molecule is COc1ccc(OC)c(CNc2ccc(C(=O)O)cc2C)c1. The minimum absolute atomic E-state index is 0.280. The molecule has 0 spiro atoms. The van der Waals surface area contributed by atoms with Crippen molar-refractivity contribution in [1.82, 2.24) is 0 Å². The summed E-state index contributed by atoms with van der Waals surface area (Å²) in [5.41, 5.74) is 3.00. The highest BCUT2D eigenvalue weighted by molar-refractivity contribution is 5.88. The highest BCUT2D eigenvalue weighted by Gasteiger charge is 2.08. The van der Waals surface area contributed by atoms with E-state index in [1.54, 1.807) is 32.4 Å². The van der Waals surface area contributed by atoms with Gasteiger partial charge in [-0.2, -0.15) is 0 Å². The van der Waals surface area contributed by atoms with Gasteiger partial charge in [0.05, 0.1) is 19.8 Å². The van der Waals surface area contributed by atoms with Crippen molar-refractivity contribution in [3.05, 3.63) is 53.1 Å². The van der Waals surface area contributed by atoms with Crippen LogP contribution in [0.1, 0.15) is 21.5 Å². The van der Waals surface area contributed by atoms with Crippen LogP contribution in [-0.2, 0) is 6.54 Å². The standard InChI is InChI=1S/C17H19NO4/c1-11-8-12(17(19)20)4-6-15(11)18-10-13-9-14(21-2)5-7-16(13)22-3/h4-9,18H,10H2,1-3H3,(H,19,20). The topological polar surface area (TPSA) is 67.8 Å². The normalized spacial score (nSPS) is 10.1. The van der Waals surface area contributed by atoms with E-state index < -0.39 is 5.97 Å². The Labute approximate surface area is 129 Å². The Hall–Kier alpha value is -2.69. The average Bonchev–Trinajstić information content (AvgIpc) is 2.53. The van der Waals surface area contributed by atoms with E-state index in [1.165, 1.54) is 0 Å². The summed E-state index contributed by atoms with van der Waals surface area (Å²) in [5.74, 6) is 0.604. The molecule has 2 aromatic carbocycles. The predicted octanol–water partition coefficient (Wildman–Crippen LogP) is 3.32. The van der Waals surface area contributed by atoms with Gasteiger partial charge in [-0.1, -0.05) is 0 Å². The van der Waals surface area contributed by atoms with E-state index in [2.05, 4.69) is 5.32 Å². The summed E-state index contributed by atoms with van der Waals surface area (Å²) in [4.78, 5) is 10.9. The fourth-order valence-corrected chi connectivity index (χ4v) is 2.21. The Balaban J connectivity index is 2.18. The van der Waals surface area contributed by atoms with Crippen LogP contribution in [0.2, 0.25) is 0 Å². The highest BCUT2D eigenvalue weighted by Crippen LogP contribution is 2.25. The first-order chi connectivity index (χ1) is 10.5. The van der Waals surface area contributed by atoms with E-state index in [1.807, 2.05) is 25.1 Å².